The van der Waals surface area contributed by atoms with E-state index in [1.165, 1.54) is 0 Å². The fourth-order valence-corrected chi connectivity index (χ4v) is 4.20. The Morgan fingerprint density at radius 1 is 1.19 bits per heavy atom. The number of nitrogens with zero attached hydrogens (tertiary/aromatic N) is 3. The van der Waals surface area contributed by atoms with Crippen LogP contribution in [-0.2, 0) is 11.3 Å². The van der Waals surface area contributed by atoms with Crippen LogP contribution < -0.4 is 15.5 Å². The van der Waals surface area contributed by atoms with Gasteiger partial charge in [0.25, 0.3) is 0 Å². The van der Waals surface area contributed by atoms with Crippen molar-refractivity contribution in [3.8, 4) is 0 Å². The van der Waals surface area contributed by atoms with E-state index in [2.05, 4.69) is 29.5 Å². The van der Waals surface area contributed by atoms with Gasteiger partial charge in [0, 0.05) is 51.7 Å². The molecule has 0 aliphatic carbocycles. The second kappa shape index (κ2) is 12.5. The Labute approximate surface area is 187 Å². The highest BCUT2D eigenvalue weighted by atomic mass is 19.1. The summed E-state index contributed by atoms with van der Waals surface area (Å²) in [6.45, 7) is 11.8. The lowest BCUT2D eigenvalue weighted by Crippen LogP contribution is -2.50. The van der Waals surface area contributed by atoms with E-state index >= 15 is 0 Å². The van der Waals surface area contributed by atoms with Gasteiger partial charge in [0.05, 0.1) is 5.69 Å². The van der Waals surface area contributed by atoms with Crippen molar-refractivity contribution in [3.05, 3.63) is 29.6 Å². The number of guanidine groups is 1. The van der Waals surface area contributed by atoms with Crippen LogP contribution in [0.1, 0.15) is 58.9 Å². The third-order valence-electron chi connectivity index (χ3n) is 6.28. The Kier molecular flexibility index (Phi) is 10.1. The van der Waals surface area contributed by atoms with Crippen LogP contribution >= 0.6 is 0 Å². The molecule has 1 aromatic rings. The molecular formula is C24H40FN5O. The number of halogens is 1. The number of anilines is 1. The zero-order chi connectivity index (χ0) is 22.8. The molecular weight excluding hydrogens is 393 g/mol. The van der Waals surface area contributed by atoms with Gasteiger partial charge in [0.1, 0.15) is 5.82 Å². The number of carbonyl (C=O) groups is 1. The van der Waals surface area contributed by atoms with Crippen molar-refractivity contribution in [3.63, 3.8) is 0 Å². The number of piperidine rings is 1. The number of amides is 1. The third kappa shape index (κ3) is 6.84. The summed E-state index contributed by atoms with van der Waals surface area (Å²) in [5.41, 5.74) is 1.52. The zero-order valence-electron chi connectivity index (χ0n) is 19.9. The molecule has 0 aromatic heterocycles. The summed E-state index contributed by atoms with van der Waals surface area (Å²) >= 11 is 0. The van der Waals surface area contributed by atoms with E-state index in [0.29, 0.717) is 24.1 Å². The lowest BCUT2D eigenvalue weighted by atomic mass is 9.98. The predicted molar refractivity (Wildman–Crippen MR) is 127 cm³/mol. The van der Waals surface area contributed by atoms with Crippen LogP contribution in [0.3, 0.4) is 0 Å². The number of hydrogen-bond donors (Lipinski definition) is 2. The minimum atomic E-state index is -0.194. The van der Waals surface area contributed by atoms with Gasteiger partial charge in [0.2, 0.25) is 5.91 Å². The Bertz CT molecular complexity index is 723. The highest BCUT2D eigenvalue weighted by molar-refractivity contribution is 5.80. The average molecular weight is 434 g/mol. The molecule has 1 aliphatic rings. The molecule has 1 fully saturated rings. The smallest absolute Gasteiger partial charge is 0.225 e. The lowest BCUT2D eigenvalue weighted by molar-refractivity contribution is -0.136. The summed E-state index contributed by atoms with van der Waals surface area (Å²) in [4.78, 5) is 20.9. The molecule has 0 spiro atoms. The van der Waals surface area contributed by atoms with E-state index in [4.69, 9.17) is 0 Å². The van der Waals surface area contributed by atoms with Gasteiger partial charge >= 0.3 is 0 Å². The fourth-order valence-electron chi connectivity index (χ4n) is 4.20. The first-order valence-electron chi connectivity index (χ1n) is 11.8. The lowest BCUT2D eigenvalue weighted by Gasteiger charge is -2.34. The van der Waals surface area contributed by atoms with Crippen LogP contribution in [0.2, 0.25) is 0 Å². The van der Waals surface area contributed by atoms with Crippen LogP contribution in [0.25, 0.3) is 0 Å². The Morgan fingerprint density at radius 3 is 2.35 bits per heavy atom. The summed E-state index contributed by atoms with van der Waals surface area (Å²) in [6.07, 6.45) is 3.61. The van der Waals surface area contributed by atoms with Gasteiger partial charge in [0.15, 0.2) is 5.96 Å². The van der Waals surface area contributed by atoms with Gasteiger partial charge in [-0.05, 0) is 57.2 Å². The summed E-state index contributed by atoms with van der Waals surface area (Å²) in [6, 6.07) is 5.68. The normalized spacial score (nSPS) is 15.3. The molecule has 1 aromatic carbocycles. The maximum absolute atomic E-state index is 14.5. The number of likely N-dealkylation sites (tertiary alicyclic amines) is 1. The quantitative estimate of drug-likeness (QED) is 0.460. The van der Waals surface area contributed by atoms with Crippen molar-refractivity contribution in [1.82, 2.24) is 15.5 Å². The van der Waals surface area contributed by atoms with Gasteiger partial charge in [-0.1, -0.05) is 19.9 Å². The van der Waals surface area contributed by atoms with E-state index in [-0.39, 0.29) is 17.8 Å². The van der Waals surface area contributed by atoms with Gasteiger partial charge in [-0.25, -0.2) is 4.39 Å². The van der Waals surface area contributed by atoms with Crippen molar-refractivity contribution in [1.29, 1.82) is 0 Å². The Hall–Kier alpha value is -2.31. The SMILES string of the molecule is CCC(CC)C(=O)N1CCC(NC(=NC)NCc2ccc(N(CC)CC)c(F)c2)CC1. The van der Waals surface area contributed by atoms with E-state index in [9.17, 15) is 9.18 Å². The van der Waals surface area contributed by atoms with E-state index < -0.39 is 0 Å². The number of nitrogens with one attached hydrogen (secondary N) is 2. The first-order chi connectivity index (χ1) is 15.0. The maximum atomic E-state index is 14.5. The molecule has 174 valence electrons. The molecule has 1 aliphatic heterocycles. The van der Waals surface area contributed by atoms with E-state index in [1.807, 2.05) is 35.8 Å². The Morgan fingerprint density at radius 2 is 1.84 bits per heavy atom. The van der Waals surface area contributed by atoms with Gasteiger partial charge in [-0.3, -0.25) is 9.79 Å². The van der Waals surface area contributed by atoms with Crippen LogP contribution in [0, 0.1) is 11.7 Å². The minimum Gasteiger partial charge on any atom is -0.370 e. The fraction of sp³-hybridized carbons (Fsp3) is 0.667. The molecule has 0 atom stereocenters. The second-order valence-corrected chi connectivity index (χ2v) is 8.14. The number of carbonyl (C=O) groups excluding carboxylic acids is 1. The molecule has 0 saturated carbocycles. The monoisotopic (exact) mass is 433 g/mol. The molecule has 2 rings (SSSR count). The number of rotatable bonds is 9. The first-order valence-corrected chi connectivity index (χ1v) is 11.8. The second-order valence-electron chi connectivity index (χ2n) is 8.14. The van der Waals surface area contributed by atoms with Crippen LogP contribution in [0.5, 0.6) is 0 Å². The highest BCUT2D eigenvalue weighted by Gasteiger charge is 2.26. The molecule has 1 heterocycles. The van der Waals surface area contributed by atoms with E-state index in [1.54, 1.807) is 13.1 Å². The molecule has 0 bridgehead atoms. The van der Waals surface area contributed by atoms with E-state index in [0.717, 1.165) is 57.4 Å². The van der Waals surface area contributed by atoms with Crippen molar-refractivity contribution >= 4 is 17.6 Å². The van der Waals surface area contributed by atoms with Crippen molar-refractivity contribution in [2.45, 2.75) is 66.0 Å². The molecule has 0 radical (unpaired) electrons. The standard InChI is InChI=1S/C24H40FN5O/c1-6-19(7-2)23(31)30-14-12-20(13-15-30)28-24(26-5)27-17-18-10-11-22(21(25)16-18)29(8-3)9-4/h10-11,16,19-20H,6-9,12-15,17H2,1-5H3,(H2,26,27,28). The van der Waals surface area contributed by atoms with Crippen molar-refractivity contribution < 1.29 is 9.18 Å². The van der Waals surface area contributed by atoms with Gasteiger partial charge in [-0.15, -0.1) is 0 Å². The highest BCUT2D eigenvalue weighted by Crippen LogP contribution is 2.20. The van der Waals surface area contributed by atoms with Crippen LogP contribution in [0.15, 0.2) is 23.2 Å². The maximum Gasteiger partial charge on any atom is 0.225 e. The topological polar surface area (TPSA) is 60.0 Å². The number of aliphatic imine (C=N–C) groups is 1. The molecule has 6 nitrogen and oxygen atoms in total. The number of benzene rings is 1. The summed E-state index contributed by atoms with van der Waals surface area (Å²) < 4.78 is 14.5. The summed E-state index contributed by atoms with van der Waals surface area (Å²) in [7, 11) is 1.74. The van der Waals surface area contributed by atoms with Gasteiger partial charge in [-0.2, -0.15) is 0 Å². The molecule has 2 N–H and O–H groups in total. The molecule has 31 heavy (non-hydrogen) atoms. The largest absolute Gasteiger partial charge is 0.370 e. The molecule has 1 amide bonds. The predicted octanol–water partition coefficient (Wildman–Crippen LogP) is 3.76. The molecule has 1 saturated heterocycles. The Balaban J connectivity index is 1.85. The van der Waals surface area contributed by atoms with Crippen LogP contribution in [0.4, 0.5) is 10.1 Å². The minimum absolute atomic E-state index is 0.146. The summed E-state index contributed by atoms with van der Waals surface area (Å²) in [5.74, 6) is 0.951. The van der Waals surface area contributed by atoms with Gasteiger partial charge < -0.3 is 20.4 Å². The third-order valence-corrected chi connectivity index (χ3v) is 6.28. The van der Waals surface area contributed by atoms with Crippen LogP contribution in [-0.4, -0.2) is 56.0 Å². The average Bonchev–Trinajstić information content (AvgIpc) is 2.79. The number of hydrogen-bond acceptors (Lipinski definition) is 3. The first kappa shape index (κ1) is 25.0. The summed E-state index contributed by atoms with van der Waals surface area (Å²) in [5, 5.41) is 6.74. The van der Waals surface area contributed by atoms with Crippen molar-refractivity contribution in [2.24, 2.45) is 10.9 Å². The van der Waals surface area contributed by atoms with Crippen molar-refractivity contribution in [2.75, 3.05) is 38.1 Å². The molecule has 0 unspecified atom stereocenters. The molecule has 7 heteroatoms. The zero-order valence-corrected chi connectivity index (χ0v) is 19.9.